The maximum absolute atomic E-state index is 13.2. The molecule has 1 N–H and O–H groups in total. The molecule has 0 saturated carbocycles. The van der Waals surface area contributed by atoms with Gasteiger partial charge in [-0.3, -0.25) is 4.79 Å². The minimum Gasteiger partial charge on any atom is -0.480 e. The van der Waals surface area contributed by atoms with E-state index in [0.717, 1.165) is 15.6 Å². The van der Waals surface area contributed by atoms with Crippen LogP contribution in [0.4, 0.5) is 4.39 Å². The molecule has 0 aliphatic heterocycles. The fourth-order valence-electron chi connectivity index (χ4n) is 1.89. The summed E-state index contributed by atoms with van der Waals surface area (Å²) in [5.41, 5.74) is 1.75. The van der Waals surface area contributed by atoms with Crippen molar-refractivity contribution >= 4 is 33.7 Å². The van der Waals surface area contributed by atoms with E-state index in [9.17, 15) is 14.3 Å². The average Bonchev–Trinajstić information content (AvgIpc) is 2.47. The second kappa shape index (κ2) is 7.61. The highest BCUT2D eigenvalue weighted by Gasteiger charge is 2.19. The third kappa shape index (κ3) is 4.86. The van der Waals surface area contributed by atoms with Gasteiger partial charge in [-0.15, -0.1) is 11.8 Å². The highest BCUT2D eigenvalue weighted by Crippen LogP contribution is 2.26. The molecule has 0 aliphatic rings. The fraction of sp³-hybridized carbons (Fsp3) is 0.188. The molecule has 0 amide bonds. The van der Waals surface area contributed by atoms with E-state index >= 15 is 0 Å². The molecule has 0 aromatic heterocycles. The topological polar surface area (TPSA) is 37.3 Å². The molecule has 2 aromatic carbocycles. The van der Waals surface area contributed by atoms with Gasteiger partial charge < -0.3 is 5.11 Å². The molecule has 2 aromatic rings. The molecule has 0 aliphatic carbocycles. The van der Waals surface area contributed by atoms with Gasteiger partial charge in [-0.25, -0.2) is 4.39 Å². The summed E-state index contributed by atoms with van der Waals surface area (Å²) in [5, 5.41) is 8.78. The lowest BCUT2D eigenvalue weighted by Crippen LogP contribution is -2.19. The number of aliphatic carboxylic acids is 1. The molecule has 2 rings (SSSR count). The molecule has 0 radical (unpaired) electrons. The van der Waals surface area contributed by atoms with Crippen molar-refractivity contribution in [3.8, 4) is 0 Å². The molecule has 0 heterocycles. The Balaban J connectivity index is 2.03. The van der Waals surface area contributed by atoms with E-state index in [0.29, 0.717) is 12.2 Å². The van der Waals surface area contributed by atoms with Crippen LogP contribution in [0.25, 0.3) is 0 Å². The number of carbonyl (C=O) groups is 1. The van der Waals surface area contributed by atoms with Gasteiger partial charge in [0.25, 0.3) is 0 Å². The van der Waals surface area contributed by atoms with E-state index in [1.165, 1.54) is 23.9 Å². The van der Waals surface area contributed by atoms with Gasteiger partial charge in [-0.2, -0.15) is 0 Å². The average molecular weight is 369 g/mol. The van der Waals surface area contributed by atoms with Gasteiger partial charge in [-0.1, -0.05) is 46.3 Å². The van der Waals surface area contributed by atoms with E-state index in [-0.39, 0.29) is 5.82 Å². The summed E-state index contributed by atoms with van der Waals surface area (Å²) in [7, 11) is 0. The number of hydrogen-bond donors (Lipinski definition) is 1. The lowest BCUT2D eigenvalue weighted by molar-refractivity contribution is -0.136. The third-order valence-corrected chi connectivity index (χ3v) is 5.01. The summed E-state index contributed by atoms with van der Waals surface area (Å²) in [6.07, 6.45) is 0.452. The molecule has 1 atom stereocenters. The highest BCUT2D eigenvalue weighted by molar-refractivity contribution is 9.10. The predicted molar refractivity (Wildman–Crippen MR) is 87.0 cm³/mol. The van der Waals surface area contributed by atoms with E-state index < -0.39 is 11.2 Å². The summed E-state index contributed by atoms with van der Waals surface area (Å²) >= 11 is 4.66. The van der Waals surface area contributed by atoms with Crippen LogP contribution in [0.5, 0.6) is 0 Å². The van der Waals surface area contributed by atoms with Crippen LogP contribution in [-0.4, -0.2) is 16.3 Å². The minimum atomic E-state index is -0.851. The van der Waals surface area contributed by atoms with Crippen molar-refractivity contribution in [3.05, 3.63) is 69.9 Å². The van der Waals surface area contributed by atoms with Crippen LogP contribution in [-0.2, 0) is 17.0 Å². The van der Waals surface area contributed by atoms with Crippen molar-refractivity contribution in [3.63, 3.8) is 0 Å². The molecule has 1 unspecified atom stereocenters. The molecule has 21 heavy (non-hydrogen) atoms. The first-order valence-electron chi connectivity index (χ1n) is 6.38. The second-order valence-electron chi connectivity index (χ2n) is 4.56. The molecule has 0 fully saturated rings. The Hall–Kier alpha value is -1.33. The summed E-state index contributed by atoms with van der Waals surface area (Å²) in [6.45, 7) is 0. The Morgan fingerprint density at radius 2 is 1.95 bits per heavy atom. The molecule has 110 valence electrons. The van der Waals surface area contributed by atoms with Crippen molar-refractivity contribution < 1.29 is 14.3 Å². The van der Waals surface area contributed by atoms with Crippen molar-refractivity contribution in [1.29, 1.82) is 0 Å². The molecule has 0 bridgehead atoms. The molecule has 0 spiro atoms. The van der Waals surface area contributed by atoms with Gasteiger partial charge in [0.15, 0.2) is 0 Å². The predicted octanol–water partition coefficient (Wildman–Crippen LogP) is 4.52. The van der Waals surface area contributed by atoms with Gasteiger partial charge in [0, 0.05) is 10.2 Å². The van der Waals surface area contributed by atoms with Gasteiger partial charge in [0.05, 0.1) is 0 Å². The van der Waals surface area contributed by atoms with Crippen molar-refractivity contribution in [2.45, 2.75) is 17.4 Å². The first-order chi connectivity index (χ1) is 10.1. The quantitative estimate of drug-likeness (QED) is 0.814. The largest absolute Gasteiger partial charge is 0.480 e. The van der Waals surface area contributed by atoms with Crippen LogP contribution in [0.2, 0.25) is 0 Å². The van der Waals surface area contributed by atoms with Crippen LogP contribution >= 0.6 is 27.7 Å². The van der Waals surface area contributed by atoms with Crippen LogP contribution in [0.3, 0.4) is 0 Å². The third-order valence-electron chi connectivity index (χ3n) is 2.99. The van der Waals surface area contributed by atoms with Gasteiger partial charge in [0.1, 0.15) is 11.1 Å². The monoisotopic (exact) mass is 368 g/mol. The number of rotatable bonds is 6. The van der Waals surface area contributed by atoms with Crippen molar-refractivity contribution in [2.24, 2.45) is 0 Å². The van der Waals surface area contributed by atoms with Crippen molar-refractivity contribution in [2.75, 3.05) is 0 Å². The van der Waals surface area contributed by atoms with Crippen LogP contribution in [0.1, 0.15) is 11.1 Å². The maximum Gasteiger partial charge on any atom is 0.316 e. The lowest BCUT2D eigenvalue weighted by Gasteiger charge is -2.13. The lowest BCUT2D eigenvalue weighted by atomic mass is 10.1. The number of benzene rings is 2. The number of carboxylic acids is 1. The van der Waals surface area contributed by atoms with E-state index in [1.54, 1.807) is 6.07 Å². The van der Waals surface area contributed by atoms with E-state index in [4.69, 9.17) is 0 Å². The van der Waals surface area contributed by atoms with E-state index in [2.05, 4.69) is 15.9 Å². The summed E-state index contributed by atoms with van der Waals surface area (Å²) < 4.78 is 14.0. The SMILES string of the molecule is O=C(O)C(Cc1ccccc1)SCc1cc(F)ccc1Br. The Labute approximate surface area is 135 Å². The van der Waals surface area contributed by atoms with Crippen LogP contribution in [0, 0.1) is 5.82 Å². The molecule has 0 saturated heterocycles. The zero-order valence-electron chi connectivity index (χ0n) is 11.1. The number of hydrogen-bond acceptors (Lipinski definition) is 2. The Kier molecular flexibility index (Phi) is 5.82. The Morgan fingerprint density at radius 3 is 2.62 bits per heavy atom. The van der Waals surface area contributed by atoms with Crippen LogP contribution < -0.4 is 0 Å². The standard InChI is InChI=1S/C16H14BrFO2S/c17-14-7-6-13(18)9-12(14)10-21-15(16(19)20)8-11-4-2-1-3-5-11/h1-7,9,15H,8,10H2,(H,19,20). The first kappa shape index (κ1) is 16.0. The van der Waals surface area contributed by atoms with E-state index in [1.807, 2.05) is 30.3 Å². The smallest absolute Gasteiger partial charge is 0.316 e. The maximum atomic E-state index is 13.2. The second-order valence-corrected chi connectivity index (χ2v) is 6.61. The molecular formula is C16H14BrFO2S. The van der Waals surface area contributed by atoms with Gasteiger partial charge in [-0.05, 0) is 35.7 Å². The Bertz CT molecular complexity index is 619. The number of thioether (sulfide) groups is 1. The molecule has 2 nitrogen and oxygen atoms in total. The summed E-state index contributed by atoms with van der Waals surface area (Å²) in [5.74, 6) is -0.720. The number of carboxylic acid groups (broad SMARTS) is 1. The summed E-state index contributed by atoms with van der Waals surface area (Å²) in [4.78, 5) is 11.4. The molecular weight excluding hydrogens is 355 g/mol. The Morgan fingerprint density at radius 1 is 1.24 bits per heavy atom. The van der Waals surface area contributed by atoms with Gasteiger partial charge >= 0.3 is 5.97 Å². The van der Waals surface area contributed by atoms with Gasteiger partial charge in [0.2, 0.25) is 0 Å². The molecule has 5 heteroatoms. The van der Waals surface area contributed by atoms with Crippen molar-refractivity contribution in [1.82, 2.24) is 0 Å². The zero-order valence-corrected chi connectivity index (χ0v) is 13.5. The highest BCUT2D eigenvalue weighted by atomic mass is 79.9. The number of halogens is 2. The van der Waals surface area contributed by atoms with Crippen LogP contribution in [0.15, 0.2) is 53.0 Å². The minimum absolute atomic E-state index is 0.316. The fourth-order valence-corrected chi connectivity index (χ4v) is 3.53. The zero-order chi connectivity index (χ0) is 15.2. The summed E-state index contributed by atoms with van der Waals surface area (Å²) in [6, 6.07) is 13.9. The first-order valence-corrected chi connectivity index (χ1v) is 8.22. The normalized spacial score (nSPS) is 12.1.